The molecular formula is C22H27ClN2O2. The smallest absolute Gasteiger partial charge is 0.220 e. The molecule has 1 heterocycles. The van der Waals surface area contributed by atoms with Crippen molar-refractivity contribution in [3.8, 4) is 5.75 Å². The molecule has 144 valence electrons. The van der Waals surface area contributed by atoms with E-state index in [4.69, 9.17) is 16.3 Å². The Labute approximate surface area is 166 Å². The quantitative estimate of drug-likeness (QED) is 0.780. The number of methoxy groups -OCH3 is 1. The highest BCUT2D eigenvalue weighted by Crippen LogP contribution is 2.21. The predicted molar refractivity (Wildman–Crippen MR) is 109 cm³/mol. The Hall–Kier alpha value is -2.04. The van der Waals surface area contributed by atoms with Crippen molar-refractivity contribution in [2.45, 2.75) is 38.3 Å². The highest BCUT2D eigenvalue weighted by atomic mass is 35.5. The van der Waals surface area contributed by atoms with Gasteiger partial charge in [0.25, 0.3) is 0 Å². The molecule has 0 unspecified atom stereocenters. The maximum atomic E-state index is 12.3. The minimum atomic E-state index is 0.109. The van der Waals surface area contributed by atoms with Crippen molar-refractivity contribution in [1.29, 1.82) is 0 Å². The molecule has 0 aliphatic carbocycles. The molecular weight excluding hydrogens is 360 g/mol. The van der Waals surface area contributed by atoms with Gasteiger partial charge in [-0.1, -0.05) is 48.0 Å². The van der Waals surface area contributed by atoms with E-state index in [1.807, 2.05) is 42.5 Å². The highest BCUT2D eigenvalue weighted by Gasteiger charge is 2.21. The SMILES string of the molecule is COc1ccccc1CN1CCC(NC(=O)CCc2ccccc2Cl)CC1. The Kier molecular flexibility index (Phi) is 7.13. The summed E-state index contributed by atoms with van der Waals surface area (Å²) in [4.78, 5) is 14.7. The lowest BCUT2D eigenvalue weighted by molar-refractivity contribution is -0.122. The number of halogens is 1. The zero-order chi connectivity index (χ0) is 19.1. The Balaban J connectivity index is 1.41. The summed E-state index contributed by atoms with van der Waals surface area (Å²) < 4.78 is 5.44. The molecule has 1 fully saturated rings. The Bertz CT molecular complexity index is 757. The molecule has 1 amide bonds. The third-order valence-electron chi connectivity index (χ3n) is 5.12. The number of para-hydroxylation sites is 1. The van der Waals surface area contributed by atoms with Gasteiger partial charge in [-0.25, -0.2) is 0 Å². The molecule has 3 rings (SSSR count). The molecule has 2 aromatic rings. The van der Waals surface area contributed by atoms with Crippen LogP contribution in [0.5, 0.6) is 5.75 Å². The average Bonchev–Trinajstić information content (AvgIpc) is 2.69. The number of hydrogen-bond donors (Lipinski definition) is 1. The lowest BCUT2D eigenvalue weighted by Crippen LogP contribution is -2.44. The number of hydrogen-bond acceptors (Lipinski definition) is 3. The van der Waals surface area contributed by atoms with Gasteiger partial charge in [-0.2, -0.15) is 0 Å². The molecule has 0 atom stereocenters. The molecule has 1 N–H and O–H groups in total. The molecule has 1 aliphatic heterocycles. The van der Waals surface area contributed by atoms with E-state index in [1.54, 1.807) is 7.11 Å². The van der Waals surface area contributed by atoms with Gasteiger partial charge in [0.05, 0.1) is 7.11 Å². The van der Waals surface area contributed by atoms with Crippen LogP contribution >= 0.6 is 11.6 Å². The lowest BCUT2D eigenvalue weighted by Gasteiger charge is -2.32. The largest absolute Gasteiger partial charge is 0.496 e. The summed E-state index contributed by atoms with van der Waals surface area (Å²) in [5.74, 6) is 1.05. The normalized spacial score (nSPS) is 15.5. The summed E-state index contributed by atoms with van der Waals surface area (Å²) in [6.07, 6.45) is 3.11. The first kappa shape index (κ1) is 19.7. The molecule has 0 bridgehead atoms. The number of benzene rings is 2. The second kappa shape index (κ2) is 9.77. The van der Waals surface area contributed by atoms with Crippen LogP contribution in [0, 0.1) is 0 Å². The Morgan fingerprint density at radius 1 is 1.11 bits per heavy atom. The van der Waals surface area contributed by atoms with E-state index < -0.39 is 0 Å². The van der Waals surface area contributed by atoms with Gasteiger partial charge in [0, 0.05) is 42.7 Å². The molecule has 1 aliphatic rings. The van der Waals surface area contributed by atoms with Gasteiger partial charge in [-0.05, 0) is 37.0 Å². The molecule has 2 aromatic carbocycles. The van der Waals surface area contributed by atoms with Crippen molar-refractivity contribution in [3.63, 3.8) is 0 Å². The summed E-state index contributed by atoms with van der Waals surface area (Å²) in [5, 5.41) is 3.91. The van der Waals surface area contributed by atoms with Crippen LogP contribution in [0.4, 0.5) is 0 Å². The number of likely N-dealkylation sites (tertiary alicyclic amines) is 1. The van der Waals surface area contributed by atoms with E-state index in [1.165, 1.54) is 5.56 Å². The average molecular weight is 387 g/mol. The van der Waals surface area contributed by atoms with Gasteiger partial charge in [0.2, 0.25) is 5.91 Å². The van der Waals surface area contributed by atoms with Crippen LogP contribution in [0.25, 0.3) is 0 Å². The van der Waals surface area contributed by atoms with Crippen LogP contribution in [-0.2, 0) is 17.8 Å². The van der Waals surface area contributed by atoms with E-state index in [0.29, 0.717) is 12.8 Å². The fraction of sp³-hybridized carbons (Fsp3) is 0.409. The number of nitrogens with zero attached hydrogens (tertiary/aromatic N) is 1. The predicted octanol–water partition coefficient (Wildman–Crippen LogP) is 4.06. The maximum absolute atomic E-state index is 12.3. The number of ether oxygens (including phenoxy) is 1. The maximum Gasteiger partial charge on any atom is 0.220 e. The third-order valence-corrected chi connectivity index (χ3v) is 5.49. The monoisotopic (exact) mass is 386 g/mol. The minimum absolute atomic E-state index is 0.109. The van der Waals surface area contributed by atoms with E-state index in [9.17, 15) is 4.79 Å². The molecule has 4 nitrogen and oxygen atoms in total. The Morgan fingerprint density at radius 2 is 1.78 bits per heavy atom. The van der Waals surface area contributed by atoms with Crippen LogP contribution in [0.1, 0.15) is 30.4 Å². The highest BCUT2D eigenvalue weighted by molar-refractivity contribution is 6.31. The summed E-state index contributed by atoms with van der Waals surface area (Å²) in [5.41, 5.74) is 2.24. The molecule has 1 saturated heterocycles. The van der Waals surface area contributed by atoms with Crippen LogP contribution in [0.15, 0.2) is 48.5 Å². The van der Waals surface area contributed by atoms with Crippen molar-refractivity contribution in [2.75, 3.05) is 20.2 Å². The molecule has 27 heavy (non-hydrogen) atoms. The van der Waals surface area contributed by atoms with Crippen molar-refractivity contribution < 1.29 is 9.53 Å². The fourth-order valence-electron chi connectivity index (χ4n) is 3.56. The second-order valence-electron chi connectivity index (χ2n) is 7.02. The van der Waals surface area contributed by atoms with Crippen molar-refractivity contribution in [3.05, 3.63) is 64.7 Å². The number of carbonyl (C=O) groups is 1. The zero-order valence-corrected chi connectivity index (χ0v) is 16.5. The van der Waals surface area contributed by atoms with Gasteiger partial charge in [0.1, 0.15) is 5.75 Å². The van der Waals surface area contributed by atoms with Gasteiger partial charge < -0.3 is 10.1 Å². The zero-order valence-electron chi connectivity index (χ0n) is 15.8. The third kappa shape index (κ3) is 5.72. The van der Waals surface area contributed by atoms with E-state index in [-0.39, 0.29) is 11.9 Å². The first-order valence-electron chi connectivity index (χ1n) is 9.52. The minimum Gasteiger partial charge on any atom is -0.496 e. The summed E-state index contributed by atoms with van der Waals surface area (Å²) in [7, 11) is 1.71. The number of rotatable bonds is 7. The molecule has 0 aromatic heterocycles. The van der Waals surface area contributed by atoms with E-state index in [2.05, 4.69) is 16.3 Å². The van der Waals surface area contributed by atoms with Crippen molar-refractivity contribution in [2.24, 2.45) is 0 Å². The van der Waals surface area contributed by atoms with Gasteiger partial charge in [-0.15, -0.1) is 0 Å². The topological polar surface area (TPSA) is 41.6 Å². The van der Waals surface area contributed by atoms with Crippen LogP contribution in [0.3, 0.4) is 0 Å². The lowest BCUT2D eigenvalue weighted by atomic mass is 10.0. The first-order chi connectivity index (χ1) is 13.2. The van der Waals surface area contributed by atoms with Crippen LogP contribution in [-0.4, -0.2) is 37.0 Å². The Morgan fingerprint density at radius 3 is 2.48 bits per heavy atom. The van der Waals surface area contributed by atoms with Crippen molar-refractivity contribution >= 4 is 17.5 Å². The fourth-order valence-corrected chi connectivity index (χ4v) is 3.79. The summed E-state index contributed by atoms with van der Waals surface area (Å²) in [6, 6.07) is 16.1. The summed E-state index contributed by atoms with van der Waals surface area (Å²) >= 11 is 6.16. The van der Waals surface area contributed by atoms with Crippen LogP contribution < -0.4 is 10.1 Å². The first-order valence-corrected chi connectivity index (χ1v) is 9.90. The number of aryl methyl sites for hydroxylation is 1. The van der Waals surface area contributed by atoms with Crippen molar-refractivity contribution in [1.82, 2.24) is 10.2 Å². The molecule has 0 spiro atoms. The van der Waals surface area contributed by atoms with E-state index in [0.717, 1.165) is 48.8 Å². The number of piperidine rings is 1. The van der Waals surface area contributed by atoms with E-state index >= 15 is 0 Å². The van der Waals surface area contributed by atoms with Crippen LogP contribution in [0.2, 0.25) is 5.02 Å². The number of carbonyl (C=O) groups excluding carboxylic acids is 1. The second-order valence-corrected chi connectivity index (χ2v) is 7.43. The van der Waals surface area contributed by atoms with Gasteiger partial charge in [-0.3, -0.25) is 9.69 Å². The van der Waals surface area contributed by atoms with Gasteiger partial charge >= 0.3 is 0 Å². The number of amides is 1. The molecule has 0 saturated carbocycles. The molecule has 5 heteroatoms. The number of nitrogens with one attached hydrogen (secondary N) is 1. The summed E-state index contributed by atoms with van der Waals surface area (Å²) in [6.45, 7) is 2.85. The molecule has 0 radical (unpaired) electrons. The van der Waals surface area contributed by atoms with Gasteiger partial charge in [0.15, 0.2) is 0 Å². The standard InChI is InChI=1S/C22H27ClN2O2/c1-27-21-9-5-3-7-18(21)16-25-14-12-19(13-15-25)24-22(26)11-10-17-6-2-4-8-20(17)23/h2-9,19H,10-16H2,1H3,(H,24,26).